The van der Waals surface area contributed by atoms with Crippen LogP contribution in [0.2, 0.25) is 0 Å². The standard InChI is InChI=1S/C9H14F3NO2/c1-15-7(14)8(13)4-2-6(3-5-8)9(10,11)12/h6H,2-5,13H2,1H3/t6-,8+. The van der Waals surface area contributed by atoms with Crippen molar-refractivity contribution in [3.05, 3.63) is 0 Å². The third-order valence-corrected chi connectivity index (χ3v) is 2.93. The SMILES string of the molecule is COC(=O)[C@]1(N)CC[C@@H](C(F)(F)F)CC1. The van der Waals surface area contributed by atoms with Gasteiger partial charge in [-0.3, -0.25) is 4.79 Å². The maximum atomic E-state index is 12.3. The molecule has 2 N–H and O–H groups in total. The number of nitrogens with two attached hydrogens (primary N) is 1. The number of esters is 1. The first-order chi connectivity index (χ1) is 6.79. The van der Waals surface area contributed by atoms with E-state index < -0.39 is 23.6 Å². The third-order valence-electron chi connectivity index (χ3n) is 2.93. The fourth-order valence-electron chi connectivity index (χ4n) is 1.87. The lowest BCUT2D eigenvalue weighted by Crippen LogP contribution is -2.52. The van der Waals surface area contributed by atoms with Gasteiger partial charge in [-0.2, -0.15) is 13.2 Å². The van der Waals surface area contributed by atoms with Crippen molar-refractivity contribution in [1.29, 1.82) is 0 Å². The predicted molar refractivity (Wildman–Crippen MR) is 46.9 cm³/mol. The first-order valence-electron chi connectivity index (χ1n) is 4.73. The van der Waals surface area contributed by atoms with Crippen molar-refractivity contribution in [3.63, 3.8) is 0 Å². The molecule has 0 spiro atoms. The van der Waals surface area contributed by atoms with Crippen molar-refractivity contribution in [1.82, 2.24) is 0 Å². The van der Waals surface area contributed by atoms with Gasteiger partial charge in [0, 0.05) is 0 Å². The topological polar surface area (TPSA) is 52.3 Å². The van der Waals surface area contributed by atoms with E-state index in [1.54, 1.807) is 0 Å². The van der Waals surface area contributed by atoms with E-state index in [1.165, 1.54) is 7.11 Å². The van der Waals surface area contributed by atoms with Crippen LogP contribution in [0.15, 0.2) is 0 Å². The van der Waals surface area contributed by atoms with Crippen LogP contribution in [-0.2, 0) is 9.53 Å². The average Bonchev–Trinajstić information content (AvgIpc) is 2.15. The number of carbonyl (C=O) groups is 1. The Labute approximate surface area is 85.8 Å². The normalized spacial score (nSPS) is 32.5. The smallest absolute Gasteiger partial charge is 0.391 e. The van der Waals surface area contributed by atoms with E-state index in [0.29, 0.717) is 0 Å². The molecule has 1 fully saturated rings. The second-order valence-corrected chi connectivity index (χ2v) is 3.96. The van der Waals surface area contributed by atoms with Crippen LogP contribution in [0.1, 0.15) is 25.7 Å². The molecule has 0 aromatic carbocycles. The maximum Gasteiger partial charge on any atom is 0.391 e. The molecule has 15 heavy (non-hydrogen) atoms. The van der Waals surface area contributed by atoms with Gasteiger partial charge in [0.05, 0.1) is 13.0 Å². The summed E-state index contributed by atoms with van der Waals surface area (Å²) in [6, 6.07) is 0. The summed E-state index contributed by atoms with van der Waals surface area (Å²) < 4.78 is 41.4. The molecule has 0 atom stereocenters. The van der Waals surface area contributed by atoms with Gasteiger partial charge >= 0.3 is 12.1 Å². The maximum absolute atomic E-state index is 12.3. The molecule has 0 unspecified atom stereocenters. The molecule has 3 nitrogen and oxygen atoms in total. The van der Waals surface area contributed by atoms with Crippen molar-refractivity contribution < 1.29 is 22.7 Å². The van der Waals surface area contributed by atoms with E-state index >= 15 is 0 Å². The number of rotatable bonds is 1. The van der Waals surface area contributed by atoms with Gasteiger partial charge in [0.15, 0.2) is 0 Å². The van der Waals surface area contributed by atoms with Crippen LogP contribution in [-0.4, -0.2) is 24.8 Å². The molecule has 0 radical (unpaired) electrons. The second-order valence-electron chi connectivity index (χ2n) is 3.96. The van der Waals surface area contributed by atoms with Crippen LogP contribution in [0.25, 0.3) is 0 Å². The van der Waals surface area contributed by atoms with Gasteiger partial charge in [0.1, 0.15) is 5.54 Å². The number of halogens is 3. The second kappa shape index (κ2) is 4.00. The molecule has 88 valence electrons. The number of ether oxygens (including phenoxy) is 1. The zero-order valence-electron chi connectivity index (χ0n) is 8.43. The summed E-state index contributed by atoms with van der Waals surface area (Å²) in [5.41, 5.74) is 4.45. The number of alkyl halides is 3. The molecule has 0 bridgehead atoms. The van der Waals surface area contributed by atoms with Crippen LogP contribution in [0, 0.1) is 5.92 Å². The number of methoxy groups -OCH3 is 1. The zero-order chi connectivity index (χ0) is 11.7. The highest BCUT2D eigenvalue weighted by molar-refractivity contribution is 5.80. The lowest BCUT2D eigenvalue weighted by atomic mass is 9.77. The van der Waals surface area contributed by atoms with Crippen LogP contribution in [0.3, 0.4) is 0 Å². The summed E-state index contributed by atoms with van der Waals surface area (Å²) in [5, 5.41) is 0. The highest BCUT2D eigenvalue weighted by Gasteiger charge is 2.47. The fraction of sp³-hybridized carbons (Fsp3) is 0.889. The summed E-state index contributed by atoms with van der Waals surface area (Å²) in [7, 11) is 1.19. The number of carbonyl (C=O) groups excluding carboxylic acids is 1. The first-order valence-corrected chi connectivity index (χ1v) is 4.73. The molecule has 1 aliphatic rings. The zero-order valence-corrected chi connectivity index (χ0v) is 8.43. The van der Waals surface area contributed by atoms with Crippen molar-refractivity contribution >= 4 is 5.97 Å². The fourth-order valence-corrected chi connectivity index (χ4v) is 1.87. The van der Waals surface area contributed by atoms with Gasteiger partial charge in [0.25, 0.3) is 0 Å². The van der Waals surface area contributed by atoms with Crippen LogP contribution in [0.5, 0.6) is 0 Å². The van der Waals surface area contributed by atoms with Crippen molar-refractivity contribution in [2.24, 2.45) is 11.7 Å². The Balaban J connectivity index is 2.59. The van der Waals surface area contributed by atoms with Crippen molar-refractivity contribution in [2.45, 2.75) is 37.4 Å². The number of hydrogen-bond donors (Lipinski definition) is 1. The van der Waals surface area contributed by atoms with Crippen LogP contribution >= 0.6 is 0 Å². The van der Waals surface area contributed by atoms with E-state index in [2.05, 4.69) is 4.74 Å². The van der Waals surface area contributed by atoms with E-state index in [0.717, 1.165) is 0 Å². The molecular weight excluding hydrogens is 211 g/mol. The van der Waals surface area contributed by atoms with Gasteiger partial charge in [-0.05, 0) is 25.7 Å². The Bertz CT molecular complexity index is 244. The summed E-state index contributed by atoms with van der Waals surface area (Å²) in [5.74, 6) is -1.96. The highest BCUT2D eigenvalue weighted by atomic mass is 19.4. The van der Waals surface area contributed by atoms with E-state index in [1.807, 2.05) is 0 Å². The van der Waals surface area contributed by atoms with Gasteiger partial charge in [0.2, 0.25) is 0 Å². The first kappa shape index (κ1) is 12.3. The van der Waals surface area contributed by atoms with Gasteiger partial charge in [-0.15, -0.1) is 0 Å². The molecule has 0 saturated heterocycles. The third kappa shape index (κ3) is 2.62. The van der Waals surface area contributed by atoms with E-state index in [4.69, 9.17) is 5.73 Å². The minimum absolute atomic E-state index is 0.0316. The predicted octanol–water partition coefficient (Wildman–Crippen LogP) is 1.61. The molecule has 0 aromatic rings. The molecule has 0 aliphatic heterocycles. The summed E-state index contributed by atoms with van der Waals surface area (Å²) in [4.78, 5) is 11.2. The van der Waals surface area contributed by atoms with Crippen molar-refractivity contribution in [3.8, 4) is 0 Å². The molecule has 0 aromatic heterocycles. The monoisotopic (exact) mass is 225 g/mol. The molecule has 0 amide bonds. The molecule has 6 heteroatoms. The van der Waals surface area contributed by atoms with Crippen LogP contribution < -0.4 is 5.73 Å². The summed E-state index contributed by atoms with van der Waals surface area (Å²) in [6.07, 6.45) is -4.32. The Morgan fingerprint density at radius 3 is 2.20 bits per heavy atom. The molecule has 1 rings (SSSR count). The van der Waals surface area contributed by atoms with Gasteiger partial charge in [-0.1, -0.05) is 0 Å². The lowest BCUT2D eigenvalue weighted by molar-refractivity contribution is -0.187. The average molecular weight is 225 g/mol. The van der Waals surface area contributed by atoms with Crippen molar-refractivity contribution in [2.75, 3.05) is 7.11 Å². The van der Waals surface area contributed by atoms with Crippen LogP contribution in [0.4, 0.5) is 13.2 Å². The molecule has 1 saturated carbocycles. The lowest BCUT2D eigenvalue weighted by Gasteiger charge is -2.35. The largest absolute Gasteiger partial charge is 0.468 e. The Kier molecular flexibility index (Phi) is 3.28. The Hall–Kier alpha value is -0.780. The minimum Gasteiger partial charge on any atom is -0.468 e. The summed E-state index contributed by atoms with van der Waals surface area (Å²) >= 11 is 0. The Morgan fingerprint density at radius 2 is 1.87 bits per heavy atom. The van der Waals surface area contributed by atoms with Gasteiger partial charge in [-0.25, -0.2) is 0 Å². The van der Waals surface area contributed by atoms with E-state index in [-0.39, 0.29) is 25.7 Å². The van der Waals surface area contributed by atoms with Gasteiger partial charge < -0.3 is 10.5 Å². The molecular formula is C9H14F3NO2. The van der Waals surface area contributed by atoms with E-state index in [9.17, 15) is 18.0 Å². The number of hydrogen-bond acceptors (Lipinski definition) is 3. The molecule has 1 aliphatic carbocycles. The summed E-state index contributed by atoms with van der Waals surface area (Å²) in [6.45, 7) is 0. The highest BCUT2D eigenvalue weighted by Crippen LogP contribution is 2.40. The molecule has 0 heterocycles. The Morgan fingerprint density at radius 1 is 1.40 bits per heavy atom. The minimum atomic E-state index is -4.18. The quantitative estimate of drug-likeness (QED) is 0.690.